The highest BCUT2D eigenvalue weighted by Crippen LogP contribution is 2.52. The van der Waals surface area contributed by atoms with Crippen molar-refractivity contribution in [3.05, 3.63) is 81.3 Å². The number of amides is 1. The Kier molecular flexibility index (Phi) is 6.01. The molecule has 0 fully saturated rings. The number of hydrogen-bond acceptors (Lipinski definition) is 9. The lowest BCUT2D eigenvalue weighted by Crippen LogP contribution is -2.63. The van der Waals surface area contributed by atoms with Crippen molar-refractivity contribution in [2.75, 3.05) is 14.1 Å². The number of Topliss-reactive ketones (excluding diaryl/α,β-unsaturated/α-hetero) is 2. The molecule has 10 heteroatoms. The van der Waals surface area contributed by atoms with Gasteiger partial charge >= 0.3 is 0 Å². The highest BCUT2D eigenvalue weighted by molar-refractivity contribution is 6.24. The molecule has 0 saturated heterocycles. The first-order chi connectivity index (χ1) is 18.4. The average Bonchev–Trinajstić information content (AvgIpc) is 2.85. The van der Waals surface area contributed by atoms with Crippen LogP contribution in [0.5, 0.6) is 11.5 Å². The number of phenolic OH excluding ortho intramolecular Hbond substituents is 2. The molecule has 0 aliphatic heterocycles. The van der Waals surface area contributed by atoms with E-state index in [1.54, 1.807) is 32.3 Å². The van der Waals surface area contributed by atoms with E-state index >= 15 is 0 Å². The molecule has 0 bridgehead atoms. The summed E-state index contributed by atoms with van der Waals surface area (Å²) in [6, 6.07) is 8.11. The molecular weight excluding hydrogens is 504 g/mol. The second kappa shape index (κ2) is 9.01. The number of rotatable bonds is 2. The molecule has 3 aliphatic carbocycles. The fourth-order valence-corrected chi connectivity index (χ4v) is 6.09. The summed E-state index contributed by atoms with van der Waals surface area (Å²) < 4.78 is 0. The largest absolute Gasteiger partial charge is 0.510 e. The summed E-state index contributed by atoms with van der Waals surface area (Å²) >= 11 is 0. The number of nitrogens with zero attached hydrogens (tertiary/aromatic N) is 1. The lowest BCUT2D eigenvalue weighted by atomic mass is 9.58. The Morgan fingerprint density at radius 2 is 1.79 bits per heavy atom. The normalized spacial score (nSPS) is 26.0. The zero-order valence-electron chi connectivity index (χ0n) is 21.1. The summed E-state index contributed by atoms with van der Waals surface area (Å²) in [6.45, 7) is 0. The Labute approximate surface area is 223 Å². The summed E-state index contributed by atoms with van der Waals surface area (Å²) in [6.07, 6.45) is 0.119. The van der Waals surface area contributed by atoms with Gasteiger partial charge in [-0.05, 0) is 68.8 Å². The van der Waals surface area contributed by atoms with Crippen LogP contribution in [-0.2, 0) is 16.0 Å². The number of hydrogen-bond donors (Lipinski definition) is 6. The van der Waals surface area contributed by atoms with Crippen LogP contribution in [0.1, 0.15) is 33.5 Å². The number of allylic oxidation sites excluding steroid dienone is 1. The van der Waals surface area contributed by atoms with Gasteiger partial charge in [-0.2, -0.15) is 0 Å². The van der Waals surface area contributed by atoms with Crippen LogP contribution >= 0.6 is 0 Å². The van der Waals surface area contributed by atoms with Crippen LogP contribution in [0.25, 0.3) is 0 Å². The van der Waals surface area contributed by atoms with Crippen molar-refractivity contribution in [3.8, 4) is 23.3 Å². The number of carbonyl (C=O) groups is 3. The number of aliphatic hydroxyl groups excluding tert-OH is 2. The molecule has 0 aromatic heterocycles. The summed E-state index contributed by atoms with van der Waals surface area (Å²) in [5, 5.41) is 54.2. The zero-order valence-corrected chi connectivity index (χ0v) is 21.1. The van der Waals surface area contributed by atoms with Crippen LogP contribution in [0.15, 0.2) is 59.1 Å². The Morgan fingerprint density at radius 1 is 1.08 bits per heavy atom. The van der Waals surface area contributed by atoms with Crippen LogP contribution in [0.3, 0.4) is 0 Å². The van der Waals surface area contributed by atoms with Gasteiger partial charge in [-0.1, -0.05) is 17.9 Å². The molecule has 200 valence electrons. The van der Waals surface area contributed by atoms with Crippen molar-refractivity contribution in [2.24, 2.45) is 17.6 Å². The molecule has 0 heterocycles. The predicted octanol–water partition coefficient (Wildman–Crippen LogP) is 1.23. The van der Waals surface area contributed by atoms with Crippen LogP contribution in [-0.4, -0.2) is 73.6 Å². The summed E-state index contributed by atoms with van der Waals surface area (Å²) in [5.74, 6) is -1.09. The molecule has 0 saturated carbocycles. The molecule has 4 atom stereocenters. The molecule has 7 N–H and O–H groups in total. The maximum Gasteiger partial charge on any atom is 0.255 e. The number of primary amides is 1. The van der Waals surface area contributed by atoms with Gasteiger partial charge in [-0.25, -0.2) is 0 Å². The molecule has 0 radical (unpaired) electrons. The van der Waals surface area contributed by atoms with Gasteiger partial charge in [-0.3, -0.25) is 19.3 Å². The van der Waals surface area contributed by atoms with Crippen LogP contribution in [0.4, 0.5) is 0 Å². The fourth-order valence-electron chi connectivity index (χ4n) is 6.09. The molecule has 0 spiro atoms. The lowest BCUT2D eigenvalue weighted by molar-refractivity contribution is -0.148. The summed E-state index contributed by atoms with van der Waals surface area (Å²) in [7, 11) is 3.14. The second-order valence-corrected chi connectivity index (χ2v) is 10.2. The van der Waals surface area contributed by atoms with Crippen molar-refractivity contribution < 1.29 is 39.9 Å². The Bertz CT molecular complexity index is 1590. The SMILES string of the molecule is CN(C)[C@@H]1C(O)=C(C(N)=O)C(=O)[C@@]2(O)C(O)=C3C(=O)c4c(O)ccc(C#Cc5cccc(O)c5)c4C[C@H]3C[C@@H]12. The number of nitrogens with two attached hydrogens (primary N) is 1. The number of carbonyl (C=O) groups excluding carboxylic acids is 3. The Morgan fingerprint density at radius 3 is 2.44 bits per heavy atom. The van der Waals surface area contributed by atoms with Crippen molar-refractivity contribution >= 4 is 17.5 Å². The molecule has 0 unspecified atom stereocenters. The van der Waals surface area contributed by atoms with Gasteiger partial charge in [0.1, 0.15) is 28.6 Å². The maximum atomic E-state index is 13.7. The van der Waals surface area contributed by atoms with Crippen molar-refractivity contribution in [1.29, 1.82) is 0 Å². The smallest absolute Gasteiger partial charge is 0.255 e. The van der Waals surface area contributed by atoms with Gasteiger partial charge in [0.25, 0.3) is 5.91 Å². The van der Waals surface area contributed by atoms with Gasteiger partial charge in [0, 0.05) is 22.6 Å². The molecule has 10 nitrogen and oxygen atoms in total. The third-order valence-corrected chi connectivity index (χ3v) is 7.79. The maximum absolute atomic E-state index is 13.7. The van der Waals surface area contributed by atoms with Gasteiger partial charge in [0.2, 0.25) is 5.78 Å². The molecular formula is C29H26N2O8. The van der Waals surface area contributed by atoms with E-state index in [0.717, 1.165) is 0 Å². The van der Waals surface area contributed by atoms with E-state index in [0.29, 0.717) is 16.7 Å². The van der Waals surface area contributed by atoms with Gasteiger partial charge in [0.05, 0.1) is 11.6 Å². The number of benzene rings is 2. The van der Waals surface area contributed by atoms with Gasteiger partial charge in [0.15, 0.2) is 11.4 Å². The van der Waals surface area contributed by atoms with E-state index < -0.39 is 58.0 Å². The van der Waals surface area contributed by atoms with E-state index in [1.807, 2.05) is 0 Å². The molecule has 3 aliphatic rings. The third-order valence-electron chi connectivity index (χ3n) is 7.79. The average molecular weight is 531 g/mol. The molecule has 1 amide bonds. The first-order valence-electron chi connectivity index (χ1n) is 12.2. The first kappa shape index (κ1) is 26.0. The van der Waals surface area contributed by atoms with Crippen LogP contribution in [0, 0.1) is 23.7 Å². The Balaban J connectivity index is 1.67. The quantitative estimate of drug-likeness (QED) is 0.246. The van der Waals surface area contributed by atoms with Crippen LogP contribution < -0.4 is 5.73 Å². The van der Waals surface area contributed by atoms with Gasteiger partial charge in [-0.15, -0.1) is 0 Å². The fraction of sp³-hybridized carbons (Fsp3) is 0.276. The van der Waals surface area contributed by atoms with E-state index in [1.165, 1.54) is 23.1 Å². The zero-order chi connectivity index (χ0) is 28.4. The number of likely N-dealkylation sites (N-methyl/N-ethyl adjacent to an activating group) is 1. The molecule has 5 rings (SSSR count). The minimum absolute atomic E-state index is 0.0131. The van der Waals surface area contributed by atoms with Crippen molar-refractivity contribution in [2.45, 2.75) is 24.5 Å². The number of aromatic hydroxyl groups is 2. The summed E-state index contributed by atoms with van der Waals surface area (Å²) in [5.41, 5.74) is 2.87. The topological polar surface area (TPSA) is 182 Å². The minimum Gasteiger partial charge on any atom is -0.510 e. The highest BCUT2D eigenvalue weighted by Gasteiger charge is 2.63. The van der Waals surface area contributed by atoms with Gasteiger partial charge < -0.3 is 31.3 Å². The monoisotopic (exact) mass is 530 g/mol. The molecule has 39 heavy (non-hydrogen) atoms. The number of ketones is 2. The molecule has 2 aromatic rings. The van der Waals surface area contributed by atoms with Crippen LogP contribution in [0.2, 0.25) is 0 Å². The Hall–Kier alpha value is -4.59. The predicted molar refractivity (Wildman–Crippen MR) is 138 cm³/mol. The number of aliphatic hydroxyl groups is 3. The first-order valence-corrected chi connectivity index (χ1v) is 12.2. The lowest BCUT2D eigenvalue weighted by Gasteiger charge is -2.50. The summed E-state index contributed by atoms with van der Waals surface area (Å²) in [4.78, 5) is 40.6. The second-order valence-electron chi connectivity index (χ2n) is 10.2. The highest BCUT2D eigenvalue weighted by atomic mass is 16.3. The van der Waals surface area contributed by atoms with Crippen molar-refractivity contribution in [1.82, 2.24) is 4.90 Å². The number of phenols is 2. The third kappa shape index (κ3) is 3.78. The van der Waals surface area contributed by atoms with E-state index in [2.05, 4.69) is 11.8 Å². The van der Waals surface area contributed by atoms with Crippen molar-refractivity contribution in [3.63, 3.8) is 0 Å². The van der Waals surface area contributed by atoms with E-state index in [-0.39, 0.29) is 35.5 Å². The van der Waals surface area contributed by atoms with E-state index in [9.17, 15) is 39.9 Å². The minimum atomic E-state index is -2.69. The van der Waals surface area contributed by atoms with E-state index in [4.69, 9.17) is 5.73 Å². The molecule has 2 aromatic carbocycles. The standard InChI is InChI=1S/C29H26N2O8/c1-31(2)23-18-12-15-11-17-14(7-6-13-4-3-5-16(32)10-13)8-9-19(33)21(17)24(34)20(15)26(36)29(18,39)27(37)22(25(23)35)28(30)38/h3-5,8-10,15,18,23,32-33,35-36,39H,11-12H2,1-2H3,(H2,30,38)/t15-,18-,23-,29-/m0/s1. The number of fused-ring (bicyclic) bond motifs is 3.